The third-order valence-corrected chi connectivity index (χ3v) is 5.50. The Morgan fingerprint density at radius 3 is 2.55 bits per heavy atom. The monoisotopic (exact) mass is 296 g/mol. The molecule has 2 rings (SSSR count). The predicted molar refractivity (Wildman–Crippen MR) is 82.6 cm³/mol. The van der Waals surface area contributed by atoms with Crippen LogP contribution in [0.2, 0.25) is 0 Å². The molecule has 20 heavy (non-hydrogen) atoms. The summed E-state index contributed by atoms with van der Waals surface area (Å²) in [6, 6.07) is 5.49. The van der Waals surface area contributed by atoms with Gasteiger partial charge in [-0.05, 0) is 43.4 Å². The Morgan fingerprint density at radius 2 is 1.90 bits per heavy atom. The summed E-state index contributed by atoms with van der Waals surface area (Å²) in [7, 11) is -3.37. The number of nitrogens with one attached hydrogen (secondary N) is 1. The van der Waals surface area contributed by atoms with Crippen molar-refractivity contribution >= 4 is 15.7 Å². The van der Waals surface area contributed by atoms with E-state index in [-0.39, 0.29) is 0 Å². The molecule has 112 valence electrons. The van der Waals surface area contributed by atoms with E-state index in [1.54, 1.807) is 16.4 Å². The molecule has 0 unspecified atom stereocenters. The van der Waals surface area contributed by atoms with Crippen LogP contribution in [0.1, 0.15) is 38.7 Å². The van der Waals surface area contributed by atoms with Gasteiger partial charge < -0.3 is 5.32 Å². The molecule has 0 bridgehead atoms. The van der Waals surface area contributed by atoms with Crippen LogP contribution in [0.4, 0.5) is 5.69 Å². The summed E-state index contributed by atoms with van der Waals surface area (Å²) in [5, 5.41) is 3.30. The van der Waals surface area contributed by atoms with Gasteiger partial charge in [0.1, 0.15) is 0 Å². The van der Waals surface area contributed by atoms with Crippen molar-refractivity contribution in [2.75, 3.05) is 25.0 Å². The molecule has 1 N–H and O–H groups in total. The lowest BCUT2D eigenvalue weighted by Gasteiger charge is -2.23. The van der Waals surface area contributed by atoms with Crippen molar-refractivity contribution in [3.63, 3.8) is 0 Å². The van der Waals surface area contributed by atoms with E-state index >= 15 is 0 Å². The van der Waals surface area contributed by atoms with Gasteiger partial charge in [-0.3, -0.25) is 0 Å². The summed E-state index contributed by atoms with van der Waals surface area (Å²) in [5.41, 5.74) is 2.19. The van der Waals surface area contributed by atoms with Crippen LogP contribution in [0.15, 0.2) is 23.1 Å². The van der Waals surface area contributed by atoms with Crippen LogP contribution >= 0.6 is 0 Å². The summed E-state index contributed by atoms with van der Waals surface area (Å²) in [4.78, 5) is 0.410. The van der Waals surface area contributed by atoms with E-state index in [9.17, 15) is 8.42 Å². The van der Waals surface area contributed by atoms with Gasteiger partial charge in [0.05, 0.1) is 4.90 Å². The third kappa shape index (κ3) is 3.15. The molecule has 1 heterocycles. The van der Waals surface area contributed by atoms with Crippen LogP contribution in [0.25, 0.3) is 0 Å². The minimum Gasteiger partial charge on any atom is -0.385 e. The Hall–Kier alpha value is -1.07. The Labute approximate surface area is 122 Å². The van der Waals surface area contributed by atoms with E-state index in [1.165, 1.54) is 5.56 Å². The number of benzene rings is 1. The minimum absolute atomic E-state index is 0.410. The fraction of sp³-hybridized carbons (Fsp3) is 0.600. The van der Waals surface area contributed by atoms with Gasteiger partial charge >= 0.3 is 0 Å². The standard InChI is InChI=1S/C15H24N2O2S/c1-3-10-17(11-4-2)20(18,19)14-8-7-13-6-5-9-16-15(13)12-14/h7-8,12,16H,3-6,9-11H2,1-2H3. The summed E-state index contributed by atoms with van der Waals surface area (Å²) in [6.45, 7) is 6.10. The summed E-state index contributed by atoms with van der Waals surface area (Å²) >= 11 is 0. The topological polar surface area (TPSA) is 49.4 Å². The van der Waals surface area contributed by atoms with Crippen LogP contribution < -0.4 is 5.32 Å². The fourth-order valence-corrected chi connectivity index (χ4v) is 4.25. The van der Waals surface area contributed by atoms with Crippen molar-refractivity contribution < 1.29 is 8.42 Å². The Bertz CT molecular complexity index is 549. The van der Waals surface area contributed by atoms with Gasteiger partial charge in [-0.25, -0.2) is 8.42 Å². The number of anilines is 1. The normalized spacial score (nSPS) is 14.9. The molecule has 0 saturated carbocycles. The highest BCUT2D eigenvalue weighted by Gasteiger charge is 2.24. The van der Waals surface area contributed by atoms with Gasteiger partial charge in [0, 0.05) is 25.3 Å². The first-order valence-corrected chi connectivity index (χ1v) is 8.90. The molecule has 0 saturated heterocycles. The number of nitrogens with zero attached hydrogens (tertiary/aromatic N) is 1. The number of hydrogen-bond donors (Lipinski definition) is 1. The second kappa shape index (κ2) is 6.59. The summed E-state index contributed by atoms with van der Waals surface area (Å²) in [5.74, 6) is 0. The molecule has 0 aliphatic carbocycles. The zero-order chi connectivity index (χ0) is 14.6. The number of rotatable bonds is 6. The van der Waals surface area contributed by atoms with Crippen molar-refractivity contribution in [1.29, 1.82) is 0 Å². The quantitative estimate of drug-likeness (QED) is 0.878. The maximum Gasteiger partial charge on any atom is 0.243 e. The Balaban J connectivity index is 2.32. The van der Waals surface area contributed by atoms with Crippen molar-refractivity contribution in [1.82, 2.24) is 4.31 Å². The maximum atomic E-state index is 12.7. The van der Waals surface area contributed by atoms with Gasteiger partial charge in [0.2, 0.25) is 10.0 Å². The molecule has 0 fully saturated rings. The van der Waals surface area contributed by atoms with Crippen LogP contribution in [0, 0.1) is 0 Å². The van der Waals surface area contributed by atoms with Crippen molar-refractivity contribution in [2.24, 2.45) is 0 Å². The van der Waals surface area contributed by atoms with Gasteiger partial charge in [-0.15, -0.1) is 0 Å². The molecule has 0 aromatic heterocycles. The zero-order valence-electron chi connectivity index (χ0n) is 12.4. The van der Waals surface area contributed by atoms with E-state index in [2.05, 4.69) is 5.32 Å². The lowest BCUT2D eigenvalue weighted by atomic mass is 10.0. The average Bonchev–Trinajstić information content (AvgIpc) is 2.46. The molecule has 4 nitrogen and oxygen atoms in total. The van der Waals surface area contributed by atoms with Crippen molar-refractivity contribution in [2.45, 2.75) is 44.4 Å². The smallest absolute Gasteiger partial charge is 0.243 e. The SMILES string of the molecule is CCCN(CCC)S(=O)(=O)c1ccc2c(c1)NCCC2. The van der Waals surface area contributed by atoms with Gasteiger partial charge in [-0.2, -0.15) is 4.31 Å². The molecule has 0 atom stereocenters. The number of hydrogen-bond acceptors (Lipinski definition) is 3. The highest BCUT2D eigenvalue weighted by molar-refractivity contribution is 7.89. The van der Waals surface area contributed by atoms with E-state index in [1.807, 2.05) is 19.9 Å². The molecule has 0 spiro atoms. The number of sulfonamides is 1. The van der Waals surface area contributed by atoms with Crippen molar-refractivity contribution in [3.05, 3.63) is 23.8 Å². The lowest BCUT2D eigenvalue weighted by Crippen LogP contribution is -2.32. The first-order chi connectivity index (χ1) is 9.59. The number of fused-ring (bicyclic) bond motifs is 1. The fourth-order valence-electron chi connectivity index (χ4n) is 2.60. The van der Waals surface area contributed by atoms with Gasteiger partial charge in [-0.1, -0.05) is 19.9 Å². The first-order valence-electron chi connectivity index (χ1n) is 7.46. The second-order valence-corrected chi connectivity index (χ2v) is 7.19. The number of aryl methyl sites for hydroxylation is 1. The van der Waals surface area contributed by atoms with Gasteiger partial charge in [0.15, 0.2) is 0 Å². The Kier molecular flexibility index (Phi) is 5.05. The van der Waals surface area contributed by atoms with Crippen LogP contribution in [0.5, 0.6) is 0 Å². The van der Waals surface area contributed by atoms with Crippen LogP contribution in [0.3, 0.4) is 0 Å². The van der Waals surface area contributed by atoms with E-state index in [0.717, 1.165) is 37.9 Å². The lowest BCUT2D eigenvalue weighted by molar-refractivity contribution is 0.410. The van der Waals surface area contributed by atoms with Crippen LogP contribution in [-0.4, -0.2) is 32.4 Å². The zero-order valence-corrected chi connectivity index (χ0v) is 13.2. The second-order valence-electron chi connectivity index (χ2n) is 5.25. The van der Waals surface area contributed by atoms with Crippen LogP contribution in [-0.2, 0) is 16.4 Å². The first kappa shape index (κ1) is 15.3. The predicted octanol–water partition coefficient (Wildman–Crippen LogP) is 2.86. The van der Waals surface area contributed by atoms with E-state index in [4.69, 9.17) is 0 Å². The Morgan fingerprint density at radius 1 is 1.20 bits per heavy atom. The summed E-state index contributed by atoms with van der Waals surface area (Å²) in [6.07, 6.45) is 3.80. The summed E-state index contributed by atoms with van der Waals surface area (Å²) < 4.78 is 27.0. The largest absolute Gasteiger partial charge is 0.385 e. The average molecular weight is 296 g/mol. The van der Waals surface area contributed by atoms with Crippen molar-refractivity contribution in [3.8, 4) is 0 Å². The highest BCUT2D eigenvalue weighted by Crippen LogP contribution is 2.27. The molecule has 1 aromatic rings. The maximum absolute atomic E-state index is 12.7. The molecule has 1 aromatic carbocycles. The molecule has 0 radical (unpaired) electrons. The molecular weight excluding hydrogens is 272 g/mol. The molecule has 5 heteroatoms. The third-order valence-electron chi connectivity index (χ3n) is 3.60. The molecule has 1 aliphatic heterocycles. The molecular formula is C15H24N2O2S. The minimum atomic E-state index is -3.37. The highest BCUT2D eigenvalue weighted by atomic mass is 32.2. The van der Waals surface area contributed by atoms with E-state index < -0.39 is 10.0 Å². The van der Waals surface area contributed by atoms with E-state index in [0.29, 0.717) is 18.0 Å². The van der Waals surface area contributed by atoms with Gasteiger partial charge in [0.25, 0.3) is 0 Å². The molecule has 1 aliphatic rings. The molecule has 0 amide bonds.